The molecule has 10 nitrogen and oxygen atoms in total. The summed E-state index contributed by atoms with van der Waals surface area (Å²) in [5.41, 5.74) is 0. The number of carbonyl (C=O) groups is 3. The summed E-state index contributed by atoms with van der Waals surface area (Å²) in [6, 6.07) is -1.17. The van der Waals surface area contributed by atoms with Gasteiger partial charge in [0.15, 0.2) is 6.10 Å². The van der Waals surface area contributed by atoms with Gasteiger partial charge in [-0.3, -0.25) is 9.59 Å². The molecule has 5 atom stereocenters. The Hall–Kier alpha value is -2.17. The molecule has 0 aromatic heterocycles. The summed E-state index contributed by atoms with van der Waals surface area (Å²) in [5, 5.41) is 44.3. The van der Waals surface area contributed by atoms with Crippen LogP contribution in [0.1, 0.15) is 33.1 Å². The molecule has 1 heterocycles. The lowest BCUT2D eigenvalue weighted by Crippen LogP contribution is -2.60. The van der Waals surface area contributed by atoms with E-state index in [-0.39, 0.29) is 18.9 Å². The van der Waals surface area contributed by atoms with Crippen LogP contribution in [0.15, 0.2) is 11.8 Å². The molecule has 10 heteroatoms. The molecule has 26 heavy (non-hydrogen) atoms. The van der Waals surface area contributed by atoms with Gasteiger partial charge in [-0.2, -0.15) is 0 Å². The smallest absolute Gasteiger partial charge is 0.370 e. The second-order valence-electron chi connectivity index (χ2n) is 6.10. The maximum Gasteiger partial charge on any atom is 0.370 e. The van der Waals surface area contributed by atoms with Crippen LogP contribution in [0, 0.1) is 0 Å². The van der Waals surface area contributed by atoms with Crippen LogP contribution in [0.2, 0.25) is 0 Å². The monoisotopic (exact) mass is 374 g/mol. The van der Waals surface area contributed by atoms with E-state index >= 15 is 0 Å². The van der Waals surface area contributed by atoms with Gasteiger partial charge in [0.1, 0.15) is 18.3 Å². The van der Waals surface area contributed by atoms with Gasteiger partial charge in [-0.05, 0) is 12.5 Å². The first-order valence-electron chi connectivity index (χ1n) is 8.37. The van der Waals surface area contributed by atoms with Crippen LogP contribution in [-0.4, -0.2) is 75.2 Å². The van der Waals surface area contributed by atoms with Crippen molar-refractivity contribution in [2.45, 2.75) is 63.6 Å². The first-order chi connectivity index (χ1) is 12.2. The molecule has 1 rings (SSSR count). The average molecular weight is 374 g/mol. The number of aliphatic hydroxyl groups excluding tert-OH is 3. The Kier molecular flexibility index (Phi) is 8.49. The van der Waals surface area contributed by atoms with Gasteiger partial charge in [0.25, 0.3) is 0 Å². The van der Waals surface area contributed by atoms with Crippen molar-refractivity contribution in [2.24, 2.45) is 0 Å². The molecule has 0 radical (unpaired) electrons. The summed E-state index contributed by atoms with van der Waals surface area (Å²) in [6.07, 6.45) is -3.35. The Morgan fingerprint density at radius 1 is 1.31 bits per heavy atom. The number of amides is 2. The van der Waals surface area contributed by atoms with Crippen molar-refractivity contribution >= 4 is 17.8 Å². The lowest BCUT2D eigenvalue weighted by Gasteiger charge is -2.38. The van der Waals surface area contributed by atoms with E-state index in [0.717, 1.165) is 12.5 Å². The first-order valence-corrected chi connectivity index (χ1v) is 8.37. The highest BCUT2D eigenvalue weighted by Gasteiger charge is 2.43. The molecular formula is C16H26N2O8. The summed E-state index contributed by atoms with van der Waals surface area (Å²) in [6.45, 7) is 2.81. The molecule has 0 bridgehead atoms. The van der Waals surface area contributed by atoms with E-state index in [4.69, 9.17) is 9.84 Å². The number of ether oxygens (including phenoxy) is 1. The quantitative estimate of drug-likeness (QED) is 0.276. The van der Waals surface area contributed by atoms with E-state index in [9.17, 15) is 29.7 Å². The van der Waals surface area contributed by atoms with Crippen LogP contribution >= 0.6 is 0 Å². The van der Waals surface area contributed by atoms with Crippen molar-refractivity contribution in [1.29, 1.82) is 0 Å². The summed E-state index contributed by atoms with van der Waals surface area (Å²) < 4.78 is 5.15. The third-order valence-electron chi connectivity index (χ3n) is 3.88. The molecule has 0 aliphatic carbocycles. The number of hydrogen-bond donors (Lipinski definition) is 6. The van der Waals surface area contributed by atoms with Gasteiger partial charge in [0, 0.05) is 19.9 Å². The van der Waals surface area contributed by atoms with Crippen molar-refractivity contribution in [3.63, 3.8) is 0 Å². The fourth-order valence-corrected chi connectivity index (χ4v) is 2.50. The standard InChI is InChI=1S/C16H26N2O8/c1-3-4-5-12(22)17-7-10(21)14(23)15-13(18-8(2)19)9(20)6-11(26-15)16(24)25/h6,9-10,13-15,20-21,23H,3-5,7H2,1-2H3,(H,17,22)(H,18,19)(H,24,25)/t9-,10-,13-,14-,15?/m1/s1. The average Bonchev–Trinajstić information content (AvgIpc) is 2.58. The molecule has 0 saturated carbocycles. The van der Waals surface area contributed by atoms with Gasteiger partial charge in [0.2, 0.25) is 17.6 Å². The number of nitrogens with one attached hydrogen (secondary N) is 2. The zero-order valence-corrected chi connectivity index (χ0v) is 14.7. The largest absolute Gasteiger partial charge is 0.478 e. The number of hydrogen-bond acceptors (Lipinski definition) is 7. The van der Waals surface area contributed by atoms with Crippen LogP contribution in [-0.2, 0) is 19.1 Å². The lowest BCUT2D eigenvalue weighted by molar-refractivity contribution is -0.147. The summed E-state index contributed by atoms with van der Waals surface area (Å²) >= 11 is 0. The van der Waals surface area contributed by atoms with Gasteiger partial charge in [-0.25, -0.2) is 4.79 Å². The van der Waals surface area contributed by atoms with Gasteiger partial charge >= 0.3 is 5.97 Å². The topological polar surface area (TPSA) is 165 Å². The van der Waals surface area contributed by atoms with E-state index in [1.807, 2.05) is 6.92 Å². The third kappa shape index (κ3) is 6.28. The fraction of sp³-hybridized carbons (Fsp3) is 0.688. The van der Waals surface area contributed by atoms with Gasteiger partial charge in [0.05, 0.1) is 6.04 Å². The lowest BCUT2D eigenvalue weighted by atomic mass is 9.93. The van der Waals surface area contributed by atoms with E-state index in [1.165, 1.54) is 6.92 Å². The van der Waals surface area contributed by atoms with Crippen LogP contribution in [0.25, 0.3) is 0 Å². The molecule has 0 aromatic carbocycles. The summed E-state index contributed by atoms with van der Waals surface area (Å²) in [5.74, 6) is -2.91. The fourth-order valence-electron chi connectivity index (χ4n) is 2.50. The van der Waals surface area contributed by atoms with Crippen LogP contribution < -0.4 is 10.6 Å². The molecule has 0 aromatic rings. The molecule has 1 unspecified atom stereocenters. The molecule has 2 amide bonds. The number of aliphatic hydroxyl groups is 3. The van der Waals surface area contributed by atoms with Gasteiger partial charge in [-0.1, -0.05) is 13.3 Å². The highest BCUT2D eigenvalue weighted by atomic mass is 16.5. The Balaban J connectivity index is 2.81. The SMILES string of the molecule is CCCCC(=O)NC[C@@H](O)[C@@H](O)C1OC(C(=O)O)=C[C@@H](O)[C@H]1NC(C)=O. The van der Waals surface area contributed by atoms with Crippen LogP contribution in [0.5, 0.6) is 0 Å². The molecule has 0 spiro atoms. The second kappa shape index (κ2) is 10.1. The number of rotatable bonds is 9. The summed E-state index contributed by atoms with van der Waals surface area (Å²) in [4.78, 5) is 34.0. The summed E-state index contributed by atoms with van der Waals surface area (Å²) in [7, 11) is 0. The second-order valence-corrected chi connectivity index (χ2v) is 6.10. The molecule has 0 saturated heterocycles. The van der Waals surface area contributed by atoms with Crippen molar-refractivity contribution in [2.75, 3.05) is 6.54 Å². The minimum absolute atomic E-state index is 0.276. The highest BCUT2D eigenvalue weighted by Crippen LogP contribution is 2.22. The van der Waals surface area contributed by atoms with E-state index < -0.39 is 48.1 Å². The van der Waals surface area contributed by atoms with Crippen molar-refractivity contribution < 1.29 is 39.5 Å². The molecule has 1 aliphatic heterocycles. The first kappa shape index (κ1) is 21.9. The molecule has 0 fully saturated rings. The van der Waals surface area contributed by atoms with Gasteiger partial charge in [-0.15, -0.1) is 0 Å². The van der Waals surface area contributed by atoms with E-state index in [1.54, 1.807) is 0 Å². The predicted octanol–water partition coefficient (Wildman–Crippen LogP) is -1.75. The maximum atomic E-state index is 11.6. The normalized spacial score (nSPS) is 24.7. The Labute approximate surface area is 150 Å². The highest BCUT2D eigenvalue weighted by molar-refractivity contribution is 5.84. The van der Waals surface area contributed by atoms with Gasteiger partial charge < -0.3 is 35.8 Å². The maximum absolute atomic E-state index is 11.6. The Morgan fingerprint density at radius 3 is 2.50 bits per heavy atom. The Bertz CT molecular complexity index is 550. The molecular weight excluding hydrogens is 348 g/mol. The van der Waals surface area contributed by atoms with Crippen molar-refractivity contribution in [1.82, 2.24) is 10.6 Å². The zero-order valence-electron chi connectivity index (χ0n) is 14.7. The number of carboxylic acid groups (broad SMARTS) is 1. The number of unbranched alkanes of at least 4 members (excludes halogenated alkanes) is 1. The Morgan fingerprint density at radius 2 is 1.96 bits per heavy atom. The molecule has 148 valence electrons. The zero-order chi connectivity index (χ0) is 19.9. The predicted molar refractivity (Wildman–Crippen MR) is 88.8 cm³/mol. The number of carboxylic acids is 1. The van der Waals surface area contributed by atoms with Crippen molar-refractivity contribution in [3.05, 3.63) is 11.8 Å². The van der Waals surface area contributed by atoms with Crippen LogP contribution in [0.4, 0.5) is 0 Å². The minimum Gasteiger partial charge on any atom is -0.478 e. The van der Waals surface area contributed by atoms with Crippen molar-refractivity contribution in [3.8, 4) is 0 Å². The molecule has 1 aliphatic rings. The van der Waals surface area contributed by atoms with E-state index in [2.05, 4.69) is 10.6 Å². The molecule has 6 N–H and O–H groups in total. The number of aliphatic carboxylic acids is 1. The van der Waals surface area contributed by atoms with Crippen LogP contribution in [0.3, 0.4) is 0 Å². The number of carbonyl (C=O) groups excluding carboxylic acids is 2. The minimum atomic E-state index is -1.67. The third-order valence-corrected chi connectivity index (χ3v) is 3.88. The van der Waals surface area contributed by atoms with E-state index in [0.29, 0.717) is 6.42 Å².